The van der Waals surface area contributed by atoms with E-state index in [9.17, 15) is 4.79 Å². The van der Waals surface area contributed by atoms with E-state index in [1.54, 1.807) is 6.07 Å². The Morgan fingerprint density at radius 3 is 2.80 bits per heavy atom. The maximum Gasteiger partial charge on any atom is 0.273 e. The molecule has 1 aromatic carbocycles. The van der Waals surface area contributed by atoms with E-state index in [1.807, 2.05) is 37.3 Å². The van der Waals surface area contributed by atoms with Crippen molar-refractivity contribution in [1.29, 1.82) is 0 Å². The van der Waals surface area contributed by atoms with Gasteiger partial charge < -0.3 is 9.73 Å². The average molecular weight is 267 g/mol. The Bertz CT molecular complexity index is 693. The van der Waals surface area contributed by atoms with Crippen LogP contribution in [0.15, 0.2) is 53.3 Å². The van der Waals surface area contributed by atoms with Crippen molar-refractivity contribution in [3.05, 3.63) is 60.2 Å². The van der Waals surface area contributed by atoms with Crippen LogP contribution in [0.2, 0.25) is 0 Å². The molecule has 5 heteroatoms. The minimum Gasteiger partial charge on any atom is -0.472 e. The number of nitrogens with zero attached hydrogens (tertiary/aromatic N) is 2. The Kier molecular flexibility index (Phi) is 3.16. The standard InChI is InChI=1S/C15H13N3O2/c1-10(11-5-3-2-4-6-11)16-15(19)14-12-9-20-8-7-13(12)17-18-14/h2-10H,1H3,(H,16,19)/t10-/m0/s1. The van der Waals surface area contributed by atoms with Crippen LogP contribution in [0, 0.1) is 0 Å². The first-order chi connectivity index (χ1) is 9.75. The van der Waals surface area contributed by atoms with Gasteiger partial charge >= 0.3 is 0 Å². The lowest BCUT2D eigenvalue weighted by atomic mass is 10.1. The lowest BCUT2D eigenvalue weighted by Crippen LogP contribution is -2.27. The lowest BCUT2D eigenvalue weighted by molar-refractivity contribution is 0.0935. The smallest absolute Gasteiger partial charge is 0.273 e. The number of aromatic nitrogens is 2. The highest BCUT2D eigenvalue weighted by atomic mass is 16.3. The topological polar surface area (TPSA) is 68.0 Å². The highest BCUT2D eigenvalue weighted by Crippen LogP contribution is 2.22. The summed E-state index contributed by atoms with van der Waals surface area (Å²) in [6.45, 7) is 1.93. The van der Waals surface area contributed by atoms with E-state index < -0.39 is 0 Å². The fourth-order valence-electron chi connectivity index (χ4n) is 2.04. The minimum atomic E-state index is -0.259. The Hall–Kier alpha value is -2.69. The zero-order chi connectivity index (χ0) is 13.9. The van der Waals surface area contributed by atoms with Gasteiger partial charge in [0.1, 0.15) is 12.0 Å². The van der Waals surface area contributed by atoms with Crippen LogP contribution in [0.1, 0.15) is 29.0 Å². The van der Waals surface area contributed by atoms with Crippen LogP contribution in [0.25, 0.3) is 11.3 Å². The molecule has 1 aromatic rings. The molecule has 1 N–H and O–H groups in total. The number of nitrogens with one attached hydrogen (secondary N) is 1. The fraction of sp³-hybridized carbons (Fsp3) is 0.133. The van der Waals surface area contributed by atoms with Crippen molar-refractivity contribution in [2.45, 2.75) is 13.0 Å². The number of hydrogen-bond donors (Lipinski definition) is 1. The van der Waals surface area contributed by atoms with Gasteiger partial charge in [-0.15, -0.1) is 10.2 Å². The van der Waals surface area contributed by atoms with Gasteiger partial charge in [0.15, 0.2) is 5.69 Å². The molecule has 20 heavy (non-hydrogen) atoms. The summed E-state index contributed by atoms with van der Waals surface area (Å²) in [6, 6.07) is 11.3. The van der Waals surface area contributed by atoms with Gasteiger partial charge in [-0.3, -0.25) is 4.79 Å². The number of rotatable bonds is 3. The summed E-state index contributed by atoms with van der Waals surface area (Å²) in [5.74, 6) is -0.259. The van der Waals surface area contributed by atoms with Crippen LogP contribution in [0.4, 0.5) is 0 Å². The zero-order valence-electron chi connectivity index (χ0n) is 10.9. The van der Waals surface area contributed by atoms with Crippen molar-refractivity contribution >= 4 is 5.91 Å². The van der Waals surface area contributed by atoms with Crippen molar-refractivity contribution < 1.29 is 9.21 Å². The molecule has 100 valence electrons. The van der Waals surface area contributed by atoms with Crippen molar-refractivity contribution in [3.8, 4) is 11.3 Å². The van der Waals surface area contributed by atoms with Gasteiger partial charge in [0, 0.05) is 6.07 Å². The highest BCUT2D eigenvalue weighted by molar-refractivity contribution is 5.98. The monoisotopic (exact) mass is 267 g/mol. The molecule has 0 spiro atoms. The molecule has 1 amide bonds. The Morgan fingerprint density at radius 2 is 2.00 bits per heavy atom. The maximum absolute atomic E-state index is 12.2. The van der Waals surface area contributed by atoms with Crippen LogP contribution >= 0.6 is 0 Å². The fourth-order valence-corrected chi connectivity index (χ4v) is 2.04. The molecular weight excluding hydrogens is 254 g/mol. The average Bonchev–Trinajstić information content (AvgIpc) is 2.92. The lowest BCUT2D eigenvalue weighted by Gasteiger charge is -2.13. The number of amides is 1. The van der Waals surface area contributed by atoms with Crippen molar-refractivity contribution in [3.63, 3.8) is 0 Å². The molecule has 0 aromatic heterocycles. The van der Waals surface area contributed by atoms with E-state index in [2.05, 4.69) is 15.5 Å². The summed E-state index contributed by atoms with van der Waals surface area (Å²) in [7, 11) is 0. The van der Waals surface area contributed by atoms with Crippen LogP contribution in [0.3, 0.4) is 0 Å². The van der Waals surface area contributed by atoms with Gasteiger partial charge in [-0.05, 0) is 12.5 Å². The van der Waals surface area contributed by atoms with E-state index in [1.165, 1.54) is 12.5 Å². The molecule has 0 saturated heterocycles. The molecular formula is C15H13N3O2. The summed E-state index contributed by atoms with van der Waals surface area (Å²) in [5.41, 5.74) is 2.58. The van der Waals surface area contributed by atoms with Crippen molar-refractivity contribution in [2.24, 2.45) is 0 Å². The van der Waals surface area contributed by atoms with E-state index in [4.69, 9.17) is 4.42 Å². The molecule has 0 saturated carbocycles. The number of benzene rings is 1. The largest absolute Gasteiger partial charge is 0.472 e. The molecule has 0 radical (unpaired) electrons. The molecule has 3 rings (SSSR count). The second-order valence-corrected chi connectivity index (χ2v) is 4.51. The van der Waals surface area contributed by atoms with E-state index in [0.29, 0.717) is 11.3 Å². The second kappa shape index (κ2) is 5.13. The third kappa shape index (κ3) is 2.25. The second-order valence-electron chi connectivity index (χ2n) is 4.51. The summed E-state index contributed by atoms with van der Waals surface area (Å²) >= 11 is 0. The first-order valence-electron chi connectivity index (χ1n) is 6.30. The molecule has 0 bridgehead atoms. The summed E-state index contributed by atoms with van der Waals surface area (Å²) in [6.07, 6.45) is 2.99. The van der Waals surface area contributed by atoms with Crippen LogP contribution in [0.5, 0.6) is 0 Å². The van der Waals surface area contributed by atoms with Gasteiger partial charge in [0.2, 0.25) is 0 Å². The number of hydrogen-bond acceptors (Lipinski definition) is 4. The quantitative estimate of drug-likeness (QED) is 0.792. The van der Waals surface area contributed by atoms with Gasteiger partial charge in [-0.2, -0.15) is 0 Å². The van der Waals surface area contributed by atoms with Crippen LogP contribution in [-0.2, 0) is 0 Å². The van der Waals surface area contributed by atoms with Crippen LogP contribution < -0.4 is 5.32 Å². The molecule has 0 aliphatic carbocycles. The minimum absolute atomic E-state index is 0.101. The number of carbonyl (C=O) groups is 1. The van der Waals surface area contributed by atoms with Gasteiger partial charge in [-0.25, -0.2) is 0 Å². The summed E-state index contributed by atoms with van der Waals surface area (Å²) in [4.78, 5) is 12.2. The highest BCUT2D eigenvalue weighted by Gasteiger charge is 2.21. The molecule has 5 nitrogen and oxygen atoms in total. The van der Waals surface area contributed by atoms with Gasteiger partial charge in [0.05, 0.1) is 17.9 Å². The Morgan fingerprint density at radius 1 is 1.20 bits per heavy atom. The predicted octanol–water partition coefficient (Wildman–Crippen LogP) is 2.67. The summed E-state index contributed by atoms with van der Waals surface area (Å²) < 4.78 is 5.07. The third-order valence-electron chi connectivity index (χ3n) is 3.14. The Balaban J connectivity index is 1.80. The molecule has 2 aliphatic rings. The van der Waals surface area contributed by atoms with Crippen LogP contribution in [-0.4, -0.2) is 16.1 Å². The normalized spacial score (nSPS) is 12.2. The van der Waals surface area contributed by atoms with E-state index >= 15 is 0 Å². The number of fused-ring (bicyclic) bond motifs is 1. The van der Waals surface area contributed by atoms with E-state index in [-0.39, 0.29) is 17.6 Å². The first kappa shape index (κ1) is 12.3. The maximum atomic E-state index is 12.2. The SMILES string of the molecule is C[C@H](NC(=O)c1nnc2ccocc1-2)c1ccccc1. The molecule has 0 unspecified atom stereocenters. The summed E-state index contributed by atoms with van der Waals surface area (Å²) in [5, 5.41) is 10.8. The first-order valence-corrected chi connectivity index (χ1v) is 6.30. The van der Waals surface area contributed by atoms with E-state index in [0.717, 1.165) is 5.56 Å². The van der Waals surface area contributed by atoms with Gasteiger partial charge in [0.25, 0.3) is 5.91 Å². The molecule has 1 atom stereocenters. The molecule has 2 aliphatic heterocycles. The number of carbonyl (C=O) groups excluding carboxylic acids is 1. The van der Waals surface area contributed by atoms with Gasteiger partial charge in [-0.1, -0.05) is 30.3 Å². The third-order valence-corrected chi connectivity index (χ3v) is 3.14. The Labute approximate surface area is 116 Å². The molecule has 2 heterocycles. The molecule has 0 fully saturated rings. The van der Waals surface area contributed by atoms with Crippen molar-refractivity contribution in [1.82, 2.24) is 15.5 Å². The van der Waals surface area contributed by atoms with Crippen molar-refractivity contribution in [2.75, 3.05) is 0 Å². The zero-order valence-corrected chi connectivity index (χ0v) is 10.9. The predicted molar refractivity (Wildman–Crippen MR) is 73.2 cm³/mol.